The first kappa shape index (κ1) is 14.6. The van der Waals surface area contributed by atoms with E-state index in [1.165, 1.54) is 6.07 Å². The summed E-state index contributed by atoms with van der Waals surface area (Å²) in [5, 5.41) is 12.2. The van der Waals surface area contributed by atoms with Crippen molar-refractivity contribution in [2.24, 2.45) is 0 Å². The van der Waals surface area contributed by atoms with Crippen molar-refractivity contribution in [2.45, 2.75) is 19.0 Å². The predicted octanol–water partition coefficient (Wildman–Crippen LogP) is 2.08. The van der Waals surface area contributed by atoms with E-state index in [1.54, 1.807) is 19.2 Å². The largest absolute Gasteiger partial charge is 0.395 e. The zero-order chi connectivity index (χ0) is 12.7. The summed E-state index contributed by atoms with van der Waals surface area (Å²) in [6.45, 7) is 0.983. The Morgan fingerprint density at radius 2 is 2.29 bits per heavy atom. The fourth-order valence-corrected chi connectivity index (χ4v) is 1.77. The van der Waals surface area contributed by atoms with Crippen molar-refractivity contribution in [1.82, 2.24) is 5.32 Å². The van der Waals surface area contributed by atoms with E-state index < -0.39 is 0 Å². The van der Waals surface area contributed by atoms with Gasteiger partial charge >= 0.3 is 0 Å². The SMILES string of the molecule is COCCC(CO)NCc1ccc(Br)cc1F. The highest BCUT2D eigenvalue weighted by molar-refractivity contribution is 9.10. The van der Waals surface area contributed by atoms with E-state index in [0.717, 1.165) is 4.47 Å². The van der Waals surface area contributed by atoms with Crippen molar-refractivity contribution in [3.05, 3.63) is 34.1 Å². The Hall–Kier alpha value is -0.490. The fraction of sp³-hybridized carbons (Fsp3) is 0.500. The molecule has 0 aromatic heterocycles. The highest BCUT2D eigenvalue weighted by atomic mass is 79.9. The maximum atomic E-state index is 13.5. The van der Waals surface area contributed by atoms with E-state index >= 15 is 0 Å². The molecule has 2 N–H and O–H groups in total. The fourth-order valence-electron chi connectivity index (χ4n) is 1.44. The monoisotopic (exact) mass is 305 g/mol. The van der Waals surface area contributed by atoms with E-state index in [0.29, 0.717) is 25.1 Å². The van der Waals surface area contributed by atoms with E-state index in [-0.39, 0.29) is 18.5 Å². The number of hydrogen-bond donors (Lipinski definition) is 2. The Bertz CT molecular complexity index is 349. The van der Waals surface area contributed by atoms with E-state index in [9.17, 15) is 4.39 Å². The maximum absolute atomic E-state index is 13.5. The number of methoxy groups -OCH3 is 1. The number of aliphatic hydroxyl groups is 1. The molecule has 1 unspecified atom stereocenters. The molecule has 1 aromatic carbocycles. The standard InChI is InChI=1S/C12H17BrFNO2/c1-17-5-4-11(8-16)15-7-9-2-3-10(13)6-12(9)14/h2-3,6,11,15-16H,4-5,7-8H2,1H3. The molecule has 0 bridgehead atoms. The van der Waals surface area contributed by atoms with E-state index in [1.807, 2.05) is 0 Å². The number of ether oxygens (including phenoxy) is 1. The van der Waals surface area contributed by atoms with Crippen LogP contribution in [-0.2, 0) is 11.3 Å². The highest BCUT2D eigenvalue weighted by Crippen LogP contribution is 2.15. The molecule has 3 nitrogen and oxygen atoms in total. The zero-order valence-electron chi connectivity index (χ0n) is 9.75. The molecule has 0 amide bonds. The van der Waals surface area contributed by atoms with Crippen LogP contribution in [0.5, 0.6) is 0 Å². The molecule has 0 aliphatic carbocycles. The summed E-state index contributed by atoms with van der Waals surface area (Å²) in [7, 11) is 1.61. The van der Waals surface area contributed by atoms with Gasteiger partial charge in [0.2, 0.25) is 0 Å². The first-order valence-electron chi connectivity index (χ1n) is 5.44. The Morgan fingerprint density at radius 3 is 2.88 bits per heavy atom. The predicted molar refractivity (Wildman–Crippen MR) is 68.3 cm³/mol. The van der Waals surface area contributed by atoms with Gasteiger partial charge in [0.05, 0.1) is 6.61 Å². The summed E-state index contributed by atoms with van der Waals surface area (Å²) >= 11 is 3.21. The quantitative estimate of drug-likeness (QED) is 0.810. The minimum Gasteiger partial charge on any atom is -0.395 e. The minimum atomic E-state index is -0.254. The number of halogens is 2. The van der Waals surface area contributed by atoms with Crippen molar-refractivity contribution >= 4 is 15.9 Å². The molecule has 96 valence electrons. The molecule has 0 radical (unpaired) electrons. The average molecular weight is 306 g/mol. The minimum absolute atomic E-state index is 0.0154. The lowest BCUT2D eigenvalue weighted by Gasteiger charge is -2.16. The molecule has 0 spiro atoms. The van der Waals surface area contributed by atoms with Gasteiger partial charge in [0, 0.05) is 36.3 Å². The molecule has 17 heavy (non-hydrogen) atoms. The van der Waals surface area contributed by atoms with E-state index in [4.69, 9.17) is 9.84 Å². The molecule has 1 rings (SSSR count). The topological polar surface area (TPSA) is 41.5 Å². The lowest BCUT2D eigenvalue weighted by molar-refractivity contribution is 0.159. The second-order valence-electron chi connectivity index (χ2n) is 3.78. The number of nitrogens with one attached hydrogen (secondary N) is 1. The Labute approximate surface area is 109 Å². The van der Waals surface area contributed by atoms with Crippen molar-refractivity contribution in [1.29, 1.82) is 0 Å². The van der Waals surface area contributed by atoms with Crippen LogP contribution in [0.3, 0.4) is 0 Å². The van der Waals surface area contributed by atoms with Gasteiger partial charge in [0.1, 0.15) is 5.82 Å². The molecule has 0 fully saturated rings. The van der Waals surface area contributed by atoms with Crippen LogP contribution in [0.1, 0.15) is 12.0 Å². The van der Waals surface area contributed by atoms with Crippen LogP contribution in [0.15, 0.2) is 22.7 Å². The molecule has 0 aliphatic heterocycles. The van der Waals surface area contributed by atoms with Crippen LogP contribution in [-0.4, -0.2) is 31.5 Å². The number of hydrogen-bond acceptors (Lipinski definition) is 3. The third-order valence-electron chi connectivity index (χ3n) is 2.49. The van der Waals surface area contributed by atoms with Gasteiger partial charge in [-0.05, 0) is 18.6 Å². The van der Waals surface area contributed by atoms with Crippen LogP contribution < -0.4 is 5.32 Å². The summed E-state index contributed by atoms with van der Waals surface area (Å²) in [5.41, 5.74) is 0.587. The third kappa shape index (κ3) is 5.12. The maximum Gasteiger partial charge on any atom is 0.128 e. The number of rotatable bonds is 7. The van der Waals surface area contributed by atoms with Gasteiger partial charge in [-0.2, -0.15) is 0 Å². The smallest absolute Gasteiger partial charge is 0.128 e. The van der Waals surface area contributed by atoms with Crippen molar-refractivity contribution in [3.63, 3.8) is 0 Å². The number of benzene rings is 1. The summed E-state index contributed by atoms with van der Waals surface area (Å²) < 4.78 is 19.2. The Kier molecular flexibility index (Phi) is 6.65. The summed E-state index contributed by atoms with van der Waals surface area (Å²) in [5.74, 6) is -0.254. The molecule has 1 atom stereocenters. The van der Waals surface area contributed by atoms with Crippen molar-refractivity contribution in [3.8, 4) is 0 Å². The summed E-state index contributed by atoms with van der Waals surface area (Å²) in [6, 6.07) is 4.87. The molecular weight excluding hydrogens is 289 g/mol. The molecule has 1 aromatic rings. The van der Waals surface area contributed by atoms with Crippen molar-refractivity contribution in [2.75, 3.05) is 20.3 Å². The molecule has 5 heteroatoms. The highest BCUT2D eigenvalue weighted by Gasteiger charge is 2.08. The Morgan fingerprint density at radius 1 is 1.53 bits per heavy atom. The molecule has 0 aliphatic rings. The van der Waals surface area contributed by atoms with Gasteiger partial charge in [-0.3, -0.25) is 0 Å². The second-order valence-corrected chi connectivity index (χ2v) is 4.69. The molecule has 0 saturated heterocycles. The molecule has 0 heterocycles. The zero-order valence-corrected chi connectivity index (χ0v) is 11.3. The Balaban J connectivity index is 2.47. The van der Waals surface area contributed by atoms with E-state index in [2.05, 4.69) is 21.2 Å². The third-order valence-corrected chi connectivity index (χ3v) is 2.98. The van der Waals surface area contributed by atoms with Crippen molar-refractivity contribution < 1.29 is 14.2 Å². The van der Waals surface area contributed by atoms with Gasteiger partial charge in [-0.15, -0.1) is 0 Å². The van der Waals surface area contributed by atoms with Crippen LogP contribution in [0.25, 0.3) is 0 Å². The van der Waals surface area contributed by atoms with Gasteiger partial charge in [-0.25, -0.2) is 4.39 Å². The van der Waals surface area contributed by atoms with Crippen LogP contribution in [0, 0.1) is 5.82 Å². The normalized spacial score (nSPS) is 12.7. The second kappa shape index (κ2) is 7.76. The molecular formula is C12H17BrFNO2. The van der Waals surface area contributed by atoms with Crippen LogP contribution in [0.2, 0.25) is 0 Å². The lowest BCUT2D eigenvalue weighted by Crippen LogP contribution is -2.33. The first-order valence-corrected chi connectivity index (χ1v) is 6.23. The average Bonchev–Trinajstić information content (AvgIpc) is 2.31. The first-order chi connectivity index (χ1) is 8.17. The lowest BCUT2D eigenvalue weighted by atomic mass is 10.1. The van der Waals surface area contributed by atoms with Crippen LogP contribution in [0.4, 0.5) is 4.39 Å². The molecule has 0 saturated carbocycles. The van der Waals surface area contributed by atoms with Gasteiger partial charge < -0.3 is 15.2 Å². The summed E-state index contributed by atoms with van der Waals surface area (Å²) in [6.07, 6.45) is 0.700. The number of aliphatic hydroxyl groups excluding tert-OH is 1. The van der Waals surface area contributed by atoms with Gasteiger partial charge in [0.25, 0.3) is 0 Å². The van der Waals surface area contributed by atoms with Gasteiger partial charge in [0.15, 0.2) is 0 Å². The summed E-state index contributed by atoms with van der Waals surface area (Å²) in [4.78, 5) is 0. The van der Waals surface area contributed by atoms with Gasteiger partial charge in [-0.1, -0.05) is 22.0 Å². The van der Waals surface area contributed by atoms with Crippen LogP contribution >= 0.6 is 15.9 Å².